The van der Waals surface area contributed by atoms with E-state index in [0.29, 0.717) is 0 Å². The molecule has 0 aliphatic carbocycles. The van der Waals surface area contributed by atoms with Gasteiger partial charge >= 0.3 is 0 Å². The van der Waals surface area contributed by atoms with Crippen LogP contribution in [0.15, 0.2) is 60.7 Å². The van der Waals surface area contributed by atoms with Crippen molar-refractivity contribution in [2.45, 2.75) is 6.54 Å². The summed E-state index contributed by atoms with van der Waals surface area (Å²) in [7, 11) is 0. The number of carbonyl (C=O) groups is 1. The molecule has 0 saturated carbocycles. The molecule has 0 atom stereocenters. The van der Waals surface area contributed by atoms with Crippen LogP contribution in [0.2, 0.25) is 0 Å². The highest BCUT2D eigenvalue weighted by molar-refractivity contribution is 5.94. The Kier molecular flexibility index (Phi) is 7.84. The van der Waals surface area contributed by atoms with Crippen LogP contribution in [-0.4, -0.2) is 68.1 Å². The van der Waals surface area contributed by atoms with Crippen LogP contribution in [-0.2, 0) is 6.54 Å². The van der Waals surface area contributed by atoms with Gasteiger partial charge in [0.25, 0.3) is 5.91 Å². The Morgan fingerprint density at radius 1 is 0.741 bits per heavy atom. The molecule has 2 fully saturated rings. The minimum atomic E-state index is 0.145. The summed E-state index contributed by atoms with van der Waals surface area (Å²) >= 11 is 0. The SMILES string of the molecule is O=C(c1ccccc1)N1CCNCC1.c1ccc(CN2CCNCC2)cc1. The minimum Gasteiger partial charge on any atom is -0.336 e. The molecule has 0 radical (unpaired) electrons. The Morgan fingerprint density at radius 3 is 1.85 bits per heavy atom. The molecule has 1 amide bonds. The Hall–Kier alpha value is -2.21. The summed E-state index contributed by atoms with van der Waals surface area (Å²) in [5.41, 5.74) is 2.21. The third-order valence-electron chi connectivity index (χ3n) is 4.88. The zero-order chi connectivity index (χ0) is 18.7. The zero-order valence-electron chi connectivity index (χ0n) is 15.9. The van der Waals surface area contributed by atoms with E-state index >= 15 is 0 Å². The van der Waals surface area contributed by atoms with Crippen LogP contribution >= 0.6 is 0 Å². The second-order valence-electron chi connectivity index (χ2n) is 6.92. The molecule has 0 unspecified atom stereocenters. The molecule has 2 aliphatic rings. The molecule has 2 heterocycles. The monoisotopic (exact) mass is 366 g/mol. The molecule has 5 nitrogen and oxygen atoms in total. The molecule has 144 valence electrons. The number of nitrogens with one attached hydrogen (secondary N) is 2. The molecular formula is C22H30N4O. The van der Waals surface area contributed by atoms with E-state index in [2.05, 4.69) is 45.9 Å². The van der Waals surface area contributed by atoms with Crippen LogP contribution in [0, 0.1) is 0 Å². The fourth-order valence-electron chi connectivity index (χ4n) is 3.34. The van der Waals surface area contributed by atoms with Crippen LogP contribution < -0.4 is 10.6 Å². The molecule has 2 aliphatic heterocycles. The van der Waals surface area contributed by atoms with E-state index in [1.807, 2.05) is 35.2 Å². The van der Waals surface area contributed by atoms with Crippen molar-refractivity contribution in [3.63, 3.8) is 0 Å². The quantitative estimate of drug-likeness (QED) is 0.870. The lowest BCUT2D eigenvalue weighted by molar-refractivity contribution is 0.0736. The molecule has 0 aromatic heterocycles. The number of nitrogens with zero attached hydrogens (tertiary/aromatic N) is 2. The van der Waals surface area contributed by atoms with Gasteiger partial charge in [0, 0.05) is 64.5 Å². The molecule has 4 rings (SSSR count). The van der Waals surface area contributed by atoms with Gasteiger partial charge in [-0.2, -0.15) is 0 Å². The molecule has 0 spiro atoms. The van der Waals surface area contributed by atoms with Gasteiger partial charge in [-0.25, -0.2) is 0 Å². The van der Waals surface area contributed by atoms with Gasteiger partial charge in [0.2, 0.25) is 0 Å². The van der Waals surface area contributed by atoms with Crippen LogP contribution in [0.3, 0.4) is 0 Å². The second kappa shape index (κ2) is 10.8. The van der Waals surface area contributed by atoms with Crippen LogP contribution in [0.1, 0.15) is 15.9 Å². The van der Waals surface area contributed by atoms with Gasteiger partial charge in [0.05, 0.1) is 0 Å². The third kappa shape index (κ3) is 6.47. The molecular weight excluding hydrogens is 336 g/mol. The average Bonchev–Trinajstić information content (AvgIpc) is 2.76. The van der Waals surface area contributed by atoms with Crippen molar-refractivity contribution < 1.29 is 4.79 Å². The standard InChI is InChI=1S/C11H14N2O.C11H16N2/c14-11(10-4-2-1-3-5-10)13-8-6-12-7-9-13;1-2-4-11(5-3-1)10-13-8-6-12-7-9-13/h1-5,12H,6-9H2;1-5,12H,6-10H2. The predicted molar refractivity (Wildman–Crippen MR) is 110 cm³/mol. The smallest absolute Gasteiger partial charge is 0.253 e. The van der Waals surface area contributed by atoms with Crippen molar-refractivity contribution in [3.8, 4) is 0 Å². The summed E-state index contributed by atoms with van der Waals surface area (Å²) < 4.78 is 0. The van der Waals surface area contributed by atoms with Crippen molar-refractivity contribution in [3.05, 3.63) is 71.8 Å². The summed E-state index contributed by atoms with van der Waals surface area (Å²) in [6.45, 7) is 9.14. The molecule has 2 N–H and O–H groups in total. The average molecular weight is 367 g/mol. The van der Waals surface area contributed by atoms with Crippen molar-refractivity contribution in [2.24, 2.45) is 0 Å². The molecule has 27 heavy (non-hydrogen) atoms. The topological polar surface area (TPSA) is 47.6 Å². The predicted octanol–water partition coefficient (Wildman–Crippen LogP) is 1.82. The van der Waals surface area contributed by atoms with Gasteiger partial charge in [0.15, 0.2) is 0 Å². The Bertz CT molecular complexity index is 665. The summed E-state index contributed by atoms with van der Waals surface area (Å²) in [4.78, 5) is 16.3. The lowest BCUT2D eigenvalue weighted by Crippen LogP contribution is -2.46. The number of benzene rings is 2. The van der Waals surface area contributed by atoms with Crippen LogP contribution in [0.4, 0.5) is 0 Å². The molecule has 0 bridgehead atoms. The summed E-state index contributed by atoms with van der Waals surface area (Å²) in [6, 6.07) is 20.1. The highest BCUT2D eigenvalue weighted by Crippen LogP contribution is 2.05. The number of piperazine rings is 2. The van der Waals surface area contributed by atoms with Crippen molar-refractivity contribution in [1.82, 2.24) is 20.4 Å². The largest absolute Gasteiger partial charge is 0.336 e. The Labute approximate surface area is 162 Å². The lowest BCUT2D eigenvalue weighted by atomic mass is 10.2. The first-order chi connectivity index (χ1) is 13.3. The second-order valence-corrected chi connectivity index (χ2v) is 6.92. The summed E-state index contributed by atoms with van der Waals surface area (Å²) in [5, 5.41) is 6.59. The maximum atomic E-state index is 11.9. The van der Waals surface area contributed by atoms with Crippen LogP contribution in [0.5, 0.6) is 0 Å². The van der Waals surface area contributed by atoms with E-state index in [0.717, 1.165) is 51.4 Å². The fourth-order valence-corrected chi connectivity index (χ4v) is 3.34. The lowest BCUT2D eigenvalue weighted by Gasteiger charge is -2.27. The molecule has 5 heteroatoms. The van der Waals surface area contributed by atoms with Gasteiger partial charge in [-0.3, -0.25) is 9.69 Å². The first-order valence-corrected chi connectivity index (χ1v) is 9.85. The maximum Gasteiger partial charge on any atom is 0.253 e. The Balaban J connectivity index is 0.000000156. The van der Waals surface area contributed by atoms with Crippen molar-refractivity contribution in [2.75, 3.05) is 52.4 Å². The van der Waals surface area contributed by atoms with Gasteiger partial charge in [0.1, 0.15) is 0 Å². The van der Waals surface area contributed by atoms with E-state index < -0.39 is 0 Å². The van der Waals surface area contributed by atoms with Gasteiger partial charge < -0.3 is 15.5 Å². The number of amides is 1. The van der Waals surface area contributed by atoms with Gasteiger partial charge in [-0.05, 0) is 17.7 Å². The number of carbonyl (C=O) groups excluding carboxylic acids is 1. The van der Waals surface area contributed by atoms with Gasteiger partial charge in [-0.1, -0.05) is 48.5 Å². The summed E-state index contributed by atoms with van der Waals surface area (Å²) in [5.74, 6) is 0.145. The molecule has 2 aromatic rings. The van der Waals surface area contributed by atoms with E-state index in [1.165, 1.54) is 18.7 Å². The number of rotatable bonds is 3. The van der Waals surface area contributed by atoms with Crippen molar-refractivity contribution >= 4 is 5.91 Å². The highest BCUT2D eigenvalue weighted by Gasteiger charge is 2.16. The third-order valence-corrected chi connectivity index (χ3v) is 4.88. The minimum absolute atomic E-state index is 0.145. The Morgan fingerprint density at radius 2 is 1.26 bits per heavy atom. The first-order valence-electron chi connectivity index (χ1n) is 9.85. The zero-order valence-corrected chi connectivity index (χ0v) is 15.9. The number of hydrogen-bond donors (Lipinski definition) is 2. The molecule has 2 aromatic carbocycles. The van der Waals surface area contributed by atoms with Crippen molar-refractivity contribution in [1.29, 1.82) is 0 Å². The highest BCUT2D eigenvalue weighted by atomic mass is 16.2. The normalized spacial score (nSPS) is 17.7. The summed E-state index contributed by atoms with van der Waals surface area (Å²) in [6.07, 6.45) is 0. The van der Waals surface area contributed by atoms with Crippen LogP contribution in [0.25, 0.3) is 0 Å². The molecule has 2 saturated heterocycles. The number of hydrogen-bond acceptors (Lipinski definition) is 4. The van der Waals surface area contributed by atoms with E-state index in [9.17, 15) is 4.79 Å². The fraction of sp³-hybridized carbons (Fsp3) is 0.409. The first kappa shape index (κ1) is 19.5. The van der Waals surface area contributed by atoms with Gasteiger partial charge in [-0.15, -0.1) is 0 Å². The van der Waals surface area contributed by atoms with E-state index in [1.54, 1.807) is 0 Å². The maximum absolute atomic E-state index is 11.9. The van der Waals surface area contributed by atoms with E-state index in [-0.39, 0.29) is 5.91 Å². The van der Waals surface area contributed by atoms with E-state index in [4.69, 9.17) is 0 Å².